The van der Waals surface area contributed by atoms with Crippen LogP contribution in [0.3, 0.4) is 0 Å². The first kappa shape index (κ1) is 11.7. The second-order valence-corrected chi connectivity index (χ2v) is 4.71. The minimum absolute atomic E-state index is 0.318. The Morgan fingerprint density at radius 2 is 2.32 bits per heavy atom. The Bertz CT molecular complexity index is 652. The lowest BCUT2D eigenvalue weighted by Gasteiger charge is -2.08. The molecule has 6 nitrogen and oxygen atoms in total. The molecule has 0 aliphatic heterocycles. The van der Waals surface area contributed by atoms with Gasteiger partial charge in [-0.15, -0.1) is 16.4 Å². The van der Waals surface area contributed by atoms with Crippen molar-refractivity contribution in [2.24, 2.45) is 0 Å². The predicted molar refractivity (Wildman–Crippen MR) is 68.6 cm³/mol. The average Bonchev–Trinajstić information content (AvgIpc) is 3.11. The summed E-state index contributed by atoms with van der Waals surface area (Å²) in [6.45, 7) is 0.528. The van der Waals surface area contributed by atoms with Crippen LogP contribution in [0.25, 0.3) is 5.69 Å². The fourth-order valence-corrected chi connectivity index (χ4v) is 2.12. The molecule has 2 aromatic heterocycles. The summed E-state index contributed by atoms with van der Waals surface area (Å²) in [5.74, 6) is -0.318. The Balaban J connectivity index is 1.82. The minimum Gasteiger partial charge on any atom is -0.378 e. The van der Waals surface area contributed by atoms with Gasteiger partial charge in [-0.25, -0.2) is 9.07 Å². The van der Waals surface area contributed by atoms with Crippen molar-refractivity contribution in [1.82, 2.24) is 25.2 Å². The maximum atomic E-state index is 13.7. The number of hydrogen-bond donors (Lipinski definition) is 1. The molecule has 19 heavy (non-hydrogen) atoms. The van der Waals surface area contributed by atoms with E-state index in [0.717, 1.165) is 4.88 Å². The van der Waals surface area contributed by atoms with Gasteiger partial charge in [0.1, 0.15) is 12.1 Å². The van der Waals surface area contributed by atoms with Gasteiger partial charge in [-0.05, 0) is 28.6 Å². The van der Waals surface area contributed by atoms with Crippen LogP contribution in [0.2, 0.25) is 0 Å². The summed E-state index contributed by atoms with van der Waals surface area (Å²) in [6.07, 6.45) is 3.21. The zero-order valence-electron chi connectivity index (χ0n) is 9.69. The fourth-order valence-electron chi connectivity index (χ4n) is 1.58. The summed E-state index contributed by atoms with van der Waals surface area (Å²) in [5.41, 5.74) is 2.84. The molecule has 3 rings (SSSR count). The van der Waals surface area contributed by atoms with Gasteiger partial charge >= 0.3 is 0 Å². The van der Waals surface area contributed by atoms with Crippen molar-refractivity contribution >= 4 is 17.0 Å². The van der Waals surface area contributed by atoms with Gasteiger partial charge < -0.3 is 5.32 Å². The highest BCUT2D eigenvalue weighted by atomic mass is 32.1. The van der Waals surface area contributed by atoms with Crippen molar-refractivity contribution in [1.29, 1.82) is 0 Å². The molecule has 0 saturated heterocycles. The van der Waals surface area contributed by atoms with Crippen LogP contribution >= 0.6 is 11.3 Å². The molecule has 0 fully saturated rings. The van der Waals surface area contributed by atoms with E-state index < -0.39 is 0 Å². The molecule has 0 bridgehead atoms. The van der Waals surface area contributed by atoms with E-state index in [4.69, 9.17) is 0 Å². The zero-order chi connectivity index (χ0) is 13.1. The molecule has 3 aromatic rings. The molecule has 0 amide bonds. The number of aromatic nitrogens is 5. The molecule has 0 aliphatic carbocycles. The Morgan fingerprint density at radius 1 is 1.37 bits per heavy atom. The average molecular weight is 276 g/mol. The van der Waals surface area contributed by atoms with Crippen molar-refractivity contribution in [3.8, 4) is 5.69 Å². The topological polar surface area (TPSA) is 68.5 Å². The molecule has 1 N–H and O–H groups in total. The second kappa shape index (κ2) is 5.11. The van der Waals surface area contributed by atoms with Crippen molar-refractivity contribution in [3.05, 3.63) is 46.9 Å². The Kier molecular flexibility index (Phi) is 3.15. The van der Waals surface area contributed by atoms with E-state index in [2.05, 4.69) is 25.8 Å². The molecule has 0 unspecified atom stereocenters. The van der Waals surface area contributed by atoms with Crippen LogP contribution in [0.5, 0.6) is 0 Å². The number of thiazole rings is 1. The van der Waals surface area contributed by atoms with E-state index in [1.807, 2.05) is 0 Å². The molecular weight excluding hydrogens is 267 g/mol. The molecule has 2 heterocycles. The Hall–Kier alpha value is -2.35. The van der Waals surface area contributed by atoms with Crippen LogP contribution in [0, 0.1) is 5.82 Å². The normalized spacial score (nSPS) is 10.6. The maximum absolute atomic E-state index is 13.7. The summed E-state index contributed by atoms with van der Waals surface area (Å²) in [7, 11) is 0. The fraction of sp³-hybridized carbons (Fsp3) is 0.0909. The van der Waals surface area contributed by atoms with Gasteiger partial charge in [-0.3, -0.25) is 4.98 Å². The van der Waals surface area contributed by atoms with Gasteiger partial charge in [0.2, 0.25) is 0 Å². The van der Waals surface area contributed by atoms with Gasteiger partial charge in [0.15, 0.2) is 0 Å². The maximum Gasteiger partial charge on any atom is 0.146 e. The number of nitrogens with one attached hydrogen (secondary N) is 1. The van der Waals surface area contributed by atoms with Gasteiger partial charge in [0.05, 0.1) is 23.4 Å². The summed E-state index contributed by atoms with van der Waals surface area (Å²) >= 11 is 1.52. The molecule has 8 heteroatoms. The summed E-state index contributed by atoms with van der Waals surface area (Å²) in [4.78, 5) is 5.00. The number of tetrazole rings is 1. The van der Waals surface area contributed by atoms with Crippen LogP contribution in [-0.2, 0) is 6.54 Å². The second-order valence-electron chi connectivity index (χ2n) is 3.74. The SMILES string of the molecule is Fc1ccc(-n2cnnn2)cc1NCc1cncs1. The zero-order valence-corrected chi connectivity index (χ0v) is 10.5. The van der Waals surface area contributed by atoms with E-state index in [9.17, 15) is 4.39 Å². The largest absolute Gasteiger partial charge is 0.378 e. The van der Waals surface area contributed by atoms with Crippen LogP contribution < -0.4 is 5.32 Å². The van der Waals surface area contributed by atoms with Crippen molar-refractivity contribution in [3.63, 3.8) is 0 Å². The number of benzene rings is 1. The lowest BCUT2D eigenvalue weighted by Crippen LogP contribution is -2.02. The molecule has 1 aromatic carbocycles. The van der Waals surface area contributed by atoms with Crippen molar-refractivity contribution in [2.45, 2.75) is 6.54 Å². The summed E-state index contributed by atoms with van der Waals surface area (Å²) in [6, 6.07) is 4.66. The van der Waals surface area contributed by atoms with E-state index in [1.54, 1.807) is 23.8 Å². The van der Waals surface area contributed by atoms with Gasteiger partial charge in [-0.2, -0.15) is 0 Å². The smallest absolute Gasteiger partial charge is 0.146 e. The molecule has 0 saturated carbocycles. The highest BCUT2D eigenvalue weighted by molar-refractivity contribution is 7.09. The first-order chi connectivity index (χ1) is 9.33. The van der Waals surface area contributed by atoms with Crippen LogP contribution in [0.1, 0.15) is 4.88 Å². The number of nitrogens with zero attached hydrogens (tertiary/aromatic N) is 5. The summed E-state index contributed by atoms with van der Waals surface area (Å²) < 4.78 is 15.2. The van der Waals surface area contributed by atoms with Gasteiger partial charge in [-0.1, -0.05) is 0 Å². The van der Waals surface area contributed by atoms with Gasteiger partial charge in [0, 0.05) is 11.1 Å². The molecule has 0 radical (unpaired) electrons. The number of anilines is 1. The summed E-state index contributed by atoms with van der Waals surface area (Å²) in [5, 5.41) is 13.9. The van der Waals surface area contributed by atoms with Crippen LogP contribution in [-0.4, -0.2) is 25.2 Å². The van der Waals surface area contributed by atoms with Crippen LogP contribution in [0.4, 0.5) is 10.1 Å². The van der Waals surface area contributed by atoms with E-state index in [0.29, 0.717) is 17.9 Å². The van der Waals surface area contributed by atoms with Crippen LogP contribution in [0.15, 0.2) is 36.2 Å². The molecule has 0 atom stereocenters. The third-order valence-electron chi connectivity index (χ3n) is 2.50. The highest BCUT2D eigenvalue weighted by Gasteiger charge is 2.06. The molecule has 0 spiro atoms. The molecule has 0 aliphatic rings. The lowest BCUT2D eigenvalue weighted by atomic mass is 10.2. The minimum atomic E-state index is -0.318. The van der Waals surface area contributed by atoms with E-state index in [-0.39, 0.29) is 5.82 Å². The van der Waals surface area contributed by atoms with Gasteiger partial charge in [0.25, 0.3) is 0 Å². The highest BCUT2D eigenvalue weighted by Crippen LogP contribution is 2.19. The first-order valence-corrected chi connectivity index (χ1v) is 6.35. The van der Waals surface area contributed by atoms with E-state index in [1.165, 1.54) is 28.4 Å². The van der Waals surface area contributed by atoms with Crippen molar-refractivity contribution in [2.75, 3.05) is 5.32 Å². The monoisotopic (exact) mass is 276 g/mol. The Morgan fingerprint density at radius 3 is 3.05 bits per heavy atom. The molecule has 96 valence electrons. The lowest BCUT2D eigenvalue weighted by molar-refractivity contribution is 0.629. The molecular formula is C11H9FN6S. The van der Waals surface area contributed by atoms with Crippen molar-refractivity contribution < 1.29 is 4.39 Å². The number of halogens is 1. The third-order valence-corrected chi connectivity index (χ3v) is 3.28. The first-order valence-electron chi connectivity index (χ1n) is 5.47. The van der Waals surface area contributed by atoms with E-state index >= 15 is 0 Å². The quantitative estimate of drug-likeness (QED) is 0.788. The predicted octanol–water partition coefficient (Wildman–Crippen LogP) is 1.87. The Labute approximate surface area is 111 Å². The standard InChI is InChI=1S/C11H9FN6S/c12-10-2-1-8(18-6-15-16-17-18)3-11(10)14-5-9-4-13-7-19-9/h1-4,6-7,14H,5H2. The number of hydrogen-bond acceptors (Lipinski definition) is 6. The third kappa shape index (κ3) is 2.58. The number of rotatable bonds is 4.